The largest absolute Gasteiger partial charge is 0.496 e. The lowest BCUT2D eigenvalue weighted by atomic mass is 9.74. The smallest absolute Gasteiger partial charge is 0.128 e. The minimum absolute atomic E-state index is 0.0158. The summed E-state index contributed by atoms with van der Waals surface area (Å²) in [5.41, 5.74) is 9.55. The molecule has 0 aliphatic heterocycles. The van der Waals surface area contributed by atoms with Gasteiger partial charge in [-0.3, -0.25) is 4.98 Å². The van der Waals surface area contributed by atoms with Gasteiger partial charge in [0.15, 0.2) is 0 Å². The monoisotopic (exact) mass is 220 g/mol. The third-order valence-corrected chi connectivity index (χ3v) is 3.62. The molecule has 2 rings (SSSR count). The molecule has 3 nitrogen and oxygen atoms in total. The van der Waals surface area contributed by atoms with Gasteiger partial charge in [0, 0.05) is 35.0 Å². The summed E-state index contributed by atoms with van der Waals surface area (Å²) in [5.74, 6) is 0.952. The van der Waals surface area contributed by atoms with Gasteiger partial charge in [-0.1, -0.05) is 0 Å². The Hall–Kier alpha value is -1.09. The highest BCUT2D eigenvalue weighted by Gasteiger charge is 2.33. The highest BCUT2D eigenvalue weighted by atomic mass is 16.5. The van der Waals surface area contributed by atoms with E-state index >= 15 is 0 Å². The second kappa shape index (κ2) is 4.06. The molecule has 88 valence electrons. The molecule has 1 saturated carbocycles. The van der Waals surface area contributed by atoms with Crippen LogP contribution in [0.4, 0.5) is 0 Å². The van der Waals surface area contributed by atoms with Crippen molar-refractivity contribution in [3.63, 3.8) is 0 Å². The Bertz CT molecular complexity index is 397. The first-order valence-corrected chi connectivity index (χ1v) is 5.84. The summed E-state index contributed by atoms with van der Waals surface area (Å²) in [4.78, 5) is 4.49. The average Bonchev–Trinajstić information content (AvgIpc) is 2.21. The Morgan fingerprint density at radius 1 is 1.44 bits per heavy atom. The lowest BCUT2D eigenvalue weighted by Gasteiger charge is -2.38. The van der Waals surface area contributed by atoms with Crippen LogP contribution in [0, 0.1) is 13.8 Å². The third kappa shape index (κ3) is 1.92. The molecule has 16 heavy (non-hydrogen) atoms. The zero-order chi connectivity index (χ0) is 11.8. The van der Waals surface area contributed by atoms with E-state index in [-0.39, 0.29) is 5.54 Å². The van der Waals surface area contributed by atoms with E-state index < -0.39 is 0 Å². The van der Waals surface area contributed by atoms with E-state index in [0.717, 1.165) is 41.8 Å². The second-order valence-electron chi connectivity index (χ2n) is 4.94. The van der Waals surface area contributed by atoms with E-state index in [1.54, 1.807) is 7.11 Å². The van der Waals surface area contributed by atoms with Gasteiger partial charge in [-0.05, 0) is 33.1 Å². The molecule has 3 heteroatoms. The number of rotatable bonds is 3. The quantitative estimate of drug-likeness (QED) is 0.849. The van der Waals surface area contributed by atoms with Crippen LogP contribution in [0.1, 0.15) is 36.1 Å². The molecule has 1 aromatic heterocycles. The van der Waals surface area contributed by atoms with Crippen molar-refractivity contribution in [2.45, 2.75) is 45.1 Å². The number of hydrogen-bond acceptors (Lipinski definition) is 3. The summed E-state index contributed by atoms with van der Waals surface area (Å²) in [5, 5.41) is 0. The Morgan fingerprint density at radius 3 is 2.62 bits per heavy atom. The van der Waals surface area contributed by atoms with Crippen molar-refractivity contribution in [1.29, 1.82) is 0 Å². The van der Waals surface area contributed by atoms with Crippen LogP contribution in [-0.4, -0.2) is 17.6 Å². The van der Waals surface area contributed by atoms with E-state index in [2.05, 4.69) is 11.9 Å². The van der Waals surface area contributed by atoms with Gasteiger partial charge >= 0.3 is 0 Å². The third-order valence-electron chi connectivity index (χ3n) is 3.62. The summed E-state index contributed by atoms with van der Waals surface area (Å²) in [6.45, 7) is 4.08. The highest BCUT2D eigenvalue weighted by Crippen LogP contribution is 2.34. The SMILES string of the molecule is COc1c(C)cnc(CC2(N)CCC2)c1C. The molecule has 1 fully saturated rings. The van der Waals surface area contributed by atoms with E-state index in [1.807, 2.05) is 13.1 Å². The lowest BCUT2D eigenvalue weighted by Crippen LogP contribution is -2.48. The summed E-state index contributed by atoms with van der Waals surface area (Å²) in [6.07, 6.45) is 6.23. The number of aromatic nitrogens is 1. The van der Waals surface area contributed by atoms with E-state index in [1.165, 1.54) is 6.42 Å². The first kappa shape index (κ1) is 11.4. The molecule has 0 saturated heterocycles. The molecular formula is C13H20N2O. The molecule has 0 amide bonds. The number of aryl methyl sites for hydroxylation is 1. The summed E-state index contributed by atoms with van der Waals surface area (Å²) < 4.78 is 5.40. The van der Waals surface area contributed by atoms with Crippen LogP contribution in [-0.2, 0) is 6.42 Å². The molecule has 1 heterocycles. The maximum atomic E-state index is 6.25. The molecular weight excluding hydrogens is 200 g/mol. The van der Waals surface area contributed by atoms with Crippen LogP contribution in [0.2, 0.25) is 0 Å². The standard InChI is InChI=1S/C13H20N2O/c1-9-8-15-11(10(2)12(9)16-3)7-13(14)5-4-6-13/h8H,4-7,14H2,1-3H3. The van der Waals surface area contributed by atoms with Crippen molar-refractivity contribution in [2.24, 2.45) is 5.73 Å². The fourth-order valence-electron chi connectivity index (χ4n) is 2.39. The molecule has 1 aliphatic carbocycles. The first-order valence-electron chi connectivity index (χ1n) is 5.84. The van der Waals surface area contributed by atoms with E-state index in [4.69, 9.17) is 10.5 Å². The number of nitrogens with zero attached hydrogens (tertiary/aromatic N) is 1. The minimum Gasteiger partial charge on any atom is -0.496 e. The molecule has 0 radical (unpaired) electrons. The number of methoxy groups -OCH3 is 1. The van der Waals surface area contributed by atoms with Crippen LogP contribution >= 0.6 is 0 Å². The predicted molar refractivity (Wildman–Crippen MR) is 64.7 cm³/mol. The van der Waals surface area contributed by atoms with E-state index in [9.17, 15) is 0 Å². The molecule has 2 N–H and O–H groups in total. The van der Waals surface area contributed by atoms with Crippen LogP contribution in [0.15, 0.2) is 6.20 Å². The van der Waals surface area contributed by atoms with Crippen molar-refractivity contribution in [1.82, 2.24) is 4.98 Å². The molecule has 0 spiro atoms. The molecule has 1 aromatic rings. The average molecular weight is 220 g/mol. The number of pyridine rings is 1. The molecule has 1 aliphatic rings. The maximum Gasteiger partial charge on any atom is 0.128 e. The van der Waals surface area contributed by atoms with Crippen LogP contribution in [0.25, 0.3) is 0 Å². The summed E-state index contributed by atoms with van der Waals surface area (Å²) in [7, 11) is 1.71. The molecule has 0 bridgehead atoms. The summed E-state index contributed by atoms with van der Waals surface area (Å²) in [6, 6.07) is 0. The van der Waals surface area contributed by atoms with Gasteiger partial charge < -0.3 is 10.5 Å². The van der Waals surface area contributed by atoms with Crippen LogP contribution < -0.4 is 10.5 Å². The number of ether oxygens (including phenoxy) is 1. The zero-order valence-corrected chi connectivity index (χ0v) is 10.3. The molecule has 0 unspecified atom stereocenters. The summed E-state index contributed by atoms with van der Waals surface area (Å²) >= 11 is 0. The number of nitrogens with two attached hydrogens (primary N) is 1. The second-order valence-corrected chi connectivity index (χ2v) is 4.94. The zero-order valence-electron chi connectivity index (χ0n) is 10.3. The van der Waals surface area contributed by atoms with Gasteiger partial charge in [0.1, 0.15) is 5.75 Å². The van der Waals surface area contributed by atoms with Gasteiger partial charge in [-0.25, -0.2) is 0 Å². The topological polar surface area (TPSA) is 48.1 Å². The van der Waals surface area contributed by atoms with Gasteiger partial charge in [0.2, 0.25) is 0 Å². The first-order chi connectivity index (χ1) is 7.56. The van der Waals surface area contributed by atoms with Crippen molar-refractivity contribution in [3.8, 4) is 5.75 Å². The number of hydrogen-bond donors (Lipinski definition) is 1. The van der Waals surface area contributed by atoms with Gasteiger partial charge in [0.25, 0.3) is 0 Å². The highest BCUT2D eigenvalue weighted by molar-refractivity contribution is 5.41. The Labute approximate surface area is 97.0 Å². The Balaban J connectivity index is 2.27. The van der Waals surface area contributed by atoms with Gasteiger partial charge in [0.05, 0.1) is 7.11 Å². The normalized spacial score (nSPS) is 18.0. The van der Waals surface area contributed by atoms with Crippen molar-refractivity contribution < 1.29 is 4.74 Å². The van der Waals surface area contributed by atoms with Crippen LogP contribution in [0.3, 0.4) is 0 Å². The minimum atomic E-state index is -0.0158. The molecule has 0 aromatic carbocycles. The Kier molecular flexibility index (Phi) is 2.89. The predicted octanol–water partition coefficient (Wildman–Crippen LogP) is 2.13. The Morgan fingerprint density at radius 2 is 2.12 bits per heavy atom. The van der Waals surface area contributed by atoms with Crippen molar-refractivity contribution >= 4 is 0 Å². The van der Waals surface area contributed by atoms with Crippen LogP contribution in [0.5, 0.6) is 5.75 Å². The lowest BCUT2D eigenvalue weighted by molar-refractivity contribution is 0.245. The fourth-order valence-corrected chi connectivity index (χ4v) is 2.39. The maximum absolute atomic E-state index is 6.25. The van der Waals surface area contributed by atoms with Crippen molar-refractivity contribution in [2.75, 3.05) is 7.11 Å². The molecule has 0 atom stereocenters. The fraction of sp³-hybridized carbons (Fsp3) is 0.615. The van der Waals surface area contributed by atoms with Crippen molar-refractivity contribution in [3.05, 3.63) is 23.0 Å². The van der Waals surface area contributed by atoms with Gasteiger partial charge in [-0.15, -0.1) is 0 Å². The van der Waals surface area contributed by atoms with Gasteiger partial charge in [-0.2, -0.15) is 0 Å². The van der Waals surface area contributed by atoms with E-state index in [0.29, 0.717) is 0 Å².